The highest BCUT2D eigenvalue weighted by molar-refractivity contribution is 7.99. The molecule has 0 spiro atoms. The highest BCUT2D eigenvalue weighted by Gasteiger charge is 2.11. The molecule has 1 aliphatic rings. The fraction of sp³-hybridized carbons (Fsp3) is 0.533. The van der Waals surface area contributed by atoms with E-state index in [4.69, 9.17) is 5.11 Å². The second-order valence-electron chi connectivity index (χ2n) is 4.91. The number of aliphatic hydroxyl groups is 1. The van der Waals surface area contributed by atoms with E-state index in [0.29, 0.717) is 6.54 Å². The van der Waals surface area contributed by atoms with Crippen molar-refractivity contribution >= 4 is 23.5 Å². The Morgan fingerprint density at radius 1 is 1.25 bits per heavy atom. The minimum Gasteiger partial charge on any atom is -0.396 e. The van der Waals surface area contributed by atoms with Crippen molar-refractivity contribution in [3.05, 3.63) is 29.3 Å². The van der Waals surface area contributed by atoms with Crippen LogP contribution in [0.1, 0.15) is 24.0 Å². The van der Waals surface area contributed by atoms with Crippen molar-refractivity contribution in [2.45, 2.75) is 25.7 Å². The molecule has 0 radical (unpaired) electrons. The van der Waals surface area contributed by atoms with Gasteiger partial charge in [0.2, 0.25) is 0 Å². The van der Waals surface area contributed by atoms with E-state index >= 15 is 0 Å². The van der Waals surface area contributed by atoms with Crippen LogP contribution in [0, 0.1) is 0 Å². The maximum atomic E-state index is 11.7. The van der Waals surface area contributed by atoms with Gasteiger partial charge in [0.05, 0.1) is 0 Å². The third-order valence-corrected chi connectivity index (χ3v) is 4.41. The van der Waals surface area contributed by atoms with Gasteiger partial charge in [0, 0.05) is 24.6 Å². The van der Waals surface area contributed by atoms with Crippen molar-refractivity contribution in [3.8, 4) is 0 Å². The van der Waals surface area contributed by atoms with Crippen LogP contribution in [0.15, 0.2) is 18.2 Å². The number of nitrogens with one attached hydrogen (secondary N) is 2. The first-order valence-electron chi connectivity index (χ1n) is 7.15. The molecule has 1 aromatic rings. The zero-order valence-corrected chi connectivity index (χ0v) is 12.5. The van der Waals surface area contributed by atoms with E-state index in [1.165, 1.54) is 17.5 Å². The summed E-state index contributed by atoms with van der Waals surface area (Å²) >= 11 is 1.74. The highest BCUT2D eigenvalue weighted by atomic mass is 32.2. The average Bonchev–Trinajstić information content (AvgIpc) is 2.90. The van der Waals surface area contributed by atoms with Gasteiger partial charge in [-0.3, -0.25) is 0 Å². The number of carbonyl (C=O) groups is 1. The van der Waals surface area contributed by atoms with Crippen LogP contribution in [-0.4, -0.2) is 35.8 Å². The lowest BCUT2D eigenvalue weighted by Crippen LogP contribution is -2.30. The number of urea groups is 1. The van der Waals surface area contributed by atoms with E-state index in [0.717, 1.165) is 36.5 Å². The lowest BCUT2D eigenvalue weighted by Gasteiger charge is -2.09. The minimum atomic E-state index is -0.147. The van der Waals surface area contributed by atoms with Crippen LogP contribution in [0.4, 0.5) is 10.5 Å². The first-order chi connectivity index (χ1) is 9.79. The maximum absolute atomic E-state index is 11.7. The fourth-order valence-corrected chi connectivity index (χ4v) is 3.11. The normalized spacial score (nSPS) is 13.1. The predicted molar refractivity (Wildman–Crippen MR) is 84.5 cm³/mol. The van der Waals surface area contributed by atoms with E-state index in [1.807, 2.05) is 6.07 Å². The molecule has 5 heteroatoms. The zero-order chi connectivity index (χ0) is 14.2. The molecule has 0 heterocycles. The van der Waals surface area contributed by atoms with E-state index in [9.17, 15) is 4.79 Å². The number of aryl methyl sites for hydroxylation is 2. The van der Waals surface area contributed by atoms with Crippen molar-refractivity contribution < 1.29 is 9.90 Å². The van der Waals surface area contributed by atoms with Gasteiger partial charge < -0.3 is 15.7 Å². The van der Waals surface area contributed by atoms with Crippen LogP contribution in [-0.2, 0) is 12.8 Å². The summed E-state index contributed by atoms with van der Waals surface area (Å²) in [5, 5.41) is 14.4. The molecule has 4 nitrogen and oxygen atoms in total. The Bertz CT molecular complexity index is 451. The number of thioether (sulfide) groups is 1. The Kier molecular flexibility index (Phi) is 6.21. The molecule has 2 rings (SSSR count). The monoisotopic (exact) mass is 294 g/mol. The van der Waals surface area contributed by atoms with Gasteiger partial charge in [0.1, 0.15) is 0 Å². The van der Waals surface area contributed by atoms with Gasteiger partial charge in [-0.25, -0.2) is 4.79 Å². The molecule has 20 heavy (non-hydrogen) atoms. The molecule has 0 saturated carbocycles. The van der Waals surface area contributed by atoms with Crippen LogP contribution < -0.4 is 10.6 Å². The molecule has 2 amide bonds. The van der Waals surface area contributed by atoms with Crippen LogP contribution in [0.3, 0.4) is 0 Å². The van der Waals surface area contributed by atoms with Crippen molar-refractivity contribution in [2.75, 3.05) is 30.0 Å². The number of amides is 2. The number of aliphatic hydroxyl groups excluding tert-OH is 1. The second-order valence-corrected chi connectivity index (χ2v) is 6.13. The Hall–Kier alpha value is -1.20. The van der Waals surface area contributed by atoms with E-state index in [-0.39, 0.29) is 12.6 Å². The molecule has 0 aliphatic heterocycles. The van der Waals surface area contributed by atoms with Gasteiger partial charge in [-0.1, -0.05) is 6.07 Å². The number of anilines is 1. The maximum Gasteiger partial charge on any atom is 0.319 e. The number of benzene rings is 1. The van der Waals surface area contributed by atoms with Crippen molar-refractivity contribution in [2.24, 2.45) is 0 Å². The number of fused-ring (bicyclic) bond motifs is 1. The van der Waals surface area contributed by atoms with E-state index in [1.54, 1.807) is 11.8 Å². The Morgan fingerprint density at radius 2 is 2.10 bits per heavy atom. The largest absolute Gasteiger partial charge is 0.396 e. The summed E-state index contributed by atoms with van der Waals surface area (Å²) in [5.74, 6) is 1.81. The topological polar surface area (TPSA) is 61.4 Å². The molecule has 0 aromatic heterocycles. The first kappa shape index (κ1) is 15.2. The molecule has 0 saturated heterocycles. The van der Waals surface area contributed by atoms with Crippen LogP contribution in [0.5, 0.6) is 0 Å². The summed E-state index contributed by atoms with van der Waals surface area (Å²) < 4.78 is 0. The van der Waals surface area contributed by atoms with Gasteiger partial charge in [-0.05, 0) is 54.7 Å². The average molecular weight is 294 g/mol. The molecule has 3 N–H and O–H groups in total. The number of carbonyl (C=O) groups excluding carboxylic acids is 1. The van der Waals surface area contributed by atoms with Crippen LogP contribution in [0.2, 0.25) is 0 Å². The minimum absolute atomic E-state index is 0.147. The summed E-state index contributed by atoms with van der Waals surface area (Å²) in [6.07, 6.45) is 4.31. The molecular formula is C15H22N2O2S. The Balaban J connectivity index is 1.67. The standard InChI is InChI=1S/C15H22N2O2S/c18-8-2-9-20-10-7-16-15(19)17-14-6-5-12-3-1-4-13(12)11-14/h5-6,11,18H,1-4,7-10H2,(H2,16,17,19). The summed E-state index contributed by atoms with van der Waals surface area (Å²) in [5.41, 5.74) is 3.65. The predicted octanol–water partition coefficient (Wildman–Crippen LogP) is 2.41. The van der Waals surface area contributed by atoms with Gasteiger partial charge in [-0.2, -0.15) is 11.8 Å². The molecule has 0 atom stereocenters. The molecular weight excluding hydrogens is 272 g/mol. The first-order valence-corrected chi connectivity index (χ1v) is 8.30. The van der Waals surface area contributed by atoms with Crippen molar-refractivity contribution in [3.63, 3.8) is 0 Å². The van der Waals surface area contributed by atoms with E-state index < -0.39 is 0 Å². The molecule has 1 aliphatic carbocycles. The number of hydrogen-bond acceptors (Lipinski definition) is 3. The fourth-order valence-electron chi connectivity index (χ4n) is 2.33. The molecule has 0 fully saturated rings. The van der Waals surface area contributed by atoms with Crippen molar-refractivity contribution in [1.29, 1.82) is 0 Å². The number of rotatable bonds is 7. The Labute approximate surface area is 124 Å². The summed E-state index contributed by atoms with van der Waals surface area (Å²) in [7, 11) is 0. The summed E-state index contributed by atoms with van der Waals surface area (Å²) in [4.78, 5) is 11.7. The number of hydrogen-bond donors (Lipinski definition) is 3. The van der Waals surface area contributed by atoms with Gasteiger partial charge in [0.15, 0.2) is 0 Å². The van der Waals surface area contributed by atoms with Crippen LogP contribution in [0.25, 0.3) is 0 Å². The van der Waals surface area contributed by atoms with E-state index in [2.05, 4.69) is 22.8 Å². The summed E-state index contributed by atoms with van der Waals surface area (Å²) in [6.45, 7) is 0.881. The van der Waals surface area contributed by atoms with Gasteiger partial charge in [-0.15, -0.1) is 0 Å². The molecule has 0 unspecified atom stereocenters. The van der Waals surface area contributed by atoms with Gasteiger partial charge >= 0.3 is 6.03 Å². The second kappa shape index (κ2) is 8.17. The molecule has 110 valence electrons. The summed E-state index contributed by atoms with van der Waals surface area (Å²) in [6, 6.07) is 6.02. The molecule has 0 bridgehead atoms. The van der Waals surface area contributed by atoms with Crippen molar-refractivity contribution in [1.82, 2.24) is 5.32 Å². The third-order valence-electron chi connectivity index (χ3n) is 3.34. The SMILES string of the molecule is O=C(NCCSCCCO)Nc1ccc2c(c1)CCC2. The lowest BCUT2D eigenvalue weighted by molar-refractivity contribution is 0.252. The lowest BCUT2D eigenvalue weighted by atomic mass is 10.1. The molecule has 1 aromatic carbocycles. The quantitative estimate of drug-likeness (QED) is 0.677. The smallest absolute Gasteiger partial charge is 0.319 e. The Morgan fingerprint density at radius 3 is 2.95 bits per heavy atom. The zero-order valence-electron chi connectivity index (χ0n) is 11.7. The third kappa shape index (κ3) is 4.72. The highest BCUT2D eigenvalue weighted by Crippen LogP contribution is 2.24. The van der Waals surface area contributed by atoms with Crippen LogP contribution >= 0.6 is 11.8 Å². The van der Waals surface area contributed by atoms with Gasteiger partial charge in [0.25, 0.3) is 0 Å².